The first-order valence-corrected chi connectivity index (χ1v) is 8.17. The molecule has 2 aromatic carbocycles. The molecule has 2 heterocycles. The van der Waals surface area contributed by atoms with Crippen LogP contribution in [0.3, 0.4) is 0 Å². The predicted octanol–water partition coefficient (Wildman–Crippen LogP) is 3.65. The van der Waals surface area contributed by atoms with Gasteiger partial charge >= 0.3 is 0 Å². The van der Waals surface area contributed by atoms with E-state index in [9.17, 15) is 10.1 Å². The van der Waals surface area contributed by atoms with Crippen LogP contribution in [0, 0.1) is 10.1 Å². The van der Waals surface area contributed by atoms with Crippen molar-refractivity contribution >= 4 is 16.5 Å². The molecule has 0 amide bonds. The quantitative estimate of drug-likeness (QED) is 0.628. The van der Waals surface area contributed by atoms with Gasteiger partial charge in [0.1, 0.15) is 0 Å². The standard InChI is InChI=1S/C10H7NO2.C8H15N2/c12-11(13)10-6-5-8-3-1-2-4-9(8)7-10;9-7-8-3-1-5-10(8)6-2-4-8/h1-7H;9H,1-7H2. The Labute approximate surface area is 136 Å². The Kier molecular flexibility index (Phi) is 4.59. The maximum absolute atomic E-state index is 10.5. The highest BCUT2D eigenvalue weighted by Gasteiger charge is 2.42. The monoisotopic (exact) mass is 312 g/mol. The molecular formula is C18H22N3O2. The van der Waals surface area contributed by atoms with Gasteiger partial charge < -0.3 is 0 Å². The number of nitro groups is 1. The van der Waals surface area contributed by atoms with Gasteiger partial charge in [-0.2, -0.15) is 0 Å². The lowest BCUT2D eigenvalue weighted by Gasteiger charge is -2.29. The van der Waals surface area contributed by atoms with E-state index < -0.39 is 0 Å². The molecular weight excluding hydrogens is 290 g/mol. The van der Waals surface area contributed by atoms with Crippen molar-refractivity contribution in [3.8, 4) is 0 Å². The van der Waals surface area contributed by atoms with E-state index in [2.05, 4.69) is 4.90 Å². The summed E-state index contributed by atoms with van der Waals surface area (Å²) in [6.07, 6.45) is 5.24. The van der Waals surface area contributed by atoms with Crippen LogP contribution in [-0.2, 0) is 0 Å². The highest BCUT2D eigenvalue weighted by molar-refractivity contribution is 5.84. The van der Waals surface area contributed by atoms with Crippen LogP contribution in [0.4, 0.5) is 5.69 Å². The number of non-ortho nitro benzene ring substituents is 1. The summed E-state index contributed by atoms with van der Waals surface area (Å²) in [7, 11) is 0. The minimum atomic E-state index is -0.382. The van der Waals surface area contributed by atoms with Gasteiger partial charge in [0.05, 0.1) is 4.92 Å². The Morgan fingerprint density at radius 1 is 1.09 bits per heavy atom. The molecule has 23 heavy (non-hydrogen) atoms. The lowest BCUT2D eigenvalue weighted by molar-refractivity contribution is -0.384. The van der Waals surface area contributed by atoms with Crippen molar-refractivity contribution in [1.29, 1.82) is 0 Å². The van der Waals surface area contributed by atoms with Crippen molar-refractivity contribution in [3.05, 3.63) is 52.6 Å². The third kappa shape index (κ3) is 3.21. The van der Waals surface area contributed by atoms with Crippen LogP contribution in [0.25, 0.3) is 10.8 Å². The highest BCUT2D eigenvalue weighted by atomic mass is 16.6. The molecule has 4 rings (SSSR count). The Balaban J connectivity index is 0.000000140. The van der Waals surface area contributed by atoms with Crippen molar-refractivity contribution in [2.24, 2.45) is 0 Å². The molecule has 5 heteroatoms. The molecule has 2 aromatic rings. The van der Waals surface area contributed by atoms with Crippen molar-refractivity contribution in [1.82, 2.24) is 10.6 Å². The molecule has 0 aromatic heterocycles. The Hall–Kier alpha value is -1.98. The molecule has 0 aliphatic carbocycles. The Morgan fingerprint density at radius 3 is 2.30 bits per heavy atom. The number of hydrogen-bond acceptors (Lipinski definition) is 3. The van der Waals surface area contributed by atoms with E-state index in [0.29, 0.717) is 12.1 Å². The van der Waals surface area contributed by atoms with Gasteiger partial charge in [0.25, 0.3) is 5.69 Å². The molecule has 2 aliphatic heterocycles. The Morgan fingerprint density at radius 2 is 1.74 bits per heavy atom. The van der Waals surface area contributed by atoms with Crippen LogP contribution in [0.15, 0.2) is 42.5 Å². The third-order valence-electron chi connectivity index (χ3n) is 5.08. The normalized spacial score (nSPS) is 19.2. The van der Waals surface area contributed by atoms with Crippen LogP contribution in [-0.4, -0.2) is 35.0 Å². The molecule has 0 unspecified atom stereocenters. The van der Waals surface area contributed by atoms with Crippen LogP contribution in [0.1, 0.15) is 25.7 Å². The fourth-order valence-electron chi connectivity index (χ4n) is 3.80. The second-order valence-electron chi connectivity index (χ2n) is 6.38. The van der Waals surface area contributed by atoms with Crippen molar-refractivity contribution < 1.29 is 4.92 Å². The van der Waals surface area contributed by atoms with Crippen LogP contribution in [0.5, 0.6) is 0 Å². The van der Waals surface area contributed by atoms with E-state index in [-0.39, 0.29) is 10.6 Å². The van der Waals surface area contributed by atoms with Crippen LogP contribution >= 0.6 is 0 Å². The molecule has 1 N–H and O–H groups in total. The molecule has 0 atom stereocenters. The molecule has 1 radical (unpaired) electrons. The lowest BCUT2D eigenvalue weighted by Crippen LogP contribution is -2.41. The fraction of sp³-hybridized carbons (Fsp3) is 0.444. The third-order valence-corrected chi connectivity index (χ3v) is 5.08. The summed E-state index contributed by atoms with van der Waals surface area (Å²) in [4.78, 5) is 12.6. The maximum atomic E-state index is 10.5. The van der Waals surface area contributed by atoms with Crippen molar-refractivity contribution in [2.75, 3.05) is 19.6 Å². The minimum Gasteiger partial charge on any atom is -0.296 e. The number of benzene rings is 2. The van der Waals surface area contributed by atoms with Gasteiger partial charge in [-0.05, 0) is 55.6 Å². The maximum Gasteiger partial charge on any atom is 0.270 e. The summed E-state index contributed by atoms with van der Waals surface area (Å²) in [5.41, 5.74) is 7.96. The first-order valence-electron chi connectivity index (χ1n) is 8.17. The predicted molar refractivity (Wildman–Crippen MR) is 91.3 cm³/mol. The SMILES string of the molecule is O=[N+]([O-])c1ccc2ccccc2c1.[NH]CC12CCCN1CCC2. The average molecular weight is 312 g/mol. The lowest BCUT2D eigenvalue weighted by atomic mass is 9.95. The van der Waals surface area contributed by atoms with Gasteiger partial charge in [0.2, 0.25) is 0 Å². The molecule has 5 nitrogen and oxygen atoms in total. The van der Waals surface area contributed by atoms with Crippen LogP contribution in [0.2, 0.25) is 0 Å². The molecule has 0 spiro atoms. The molecule has 2 aliphatic rings. The second kappa shape index (κ2) is 6.64. The zero-order valence-electron chi connectivity index (χ0n) is 13.2. The van der Waals surface area contributed by atoms with Gasteiger partial charge in [-0.3, -0.25) is 20.7 Å². The van der Waals surface area contributed by atoms with E-state index in [4.69, 9.17) is 5.73 Å². The summed E-state index contributed by atoms with van der Waals surface area (Å²) in [5.74, 6) is 0. The average Bonchev–Trinajstić information content (AvgIpc) is 3.15. The number of rotatable bonds is 2. The van der Waals surface area contributed by atoms with E-state index in [1.165, 1.54) is 44.8 Å². The smallest absolute Gasteiger partial charge is 0.270 e. The second-order valence-corrected chi connectivity index (χ2v) is 6.38. The number of nitro benzene ring substituents is 1. The highest BCUT2D eigenvalue weighted by Crippen LogP contribution is 2.37. The van der Waals surface area contributed by atoms with Gasteiger partial charge in [0.15, 0.2) is 0 Å². The number of hydrogen-bond donors (Lipinski definition) is 0. The zero-order chi connectivity index (χ0) is 16.3. The fourth-order valence-corrected chi connectivity index (χ4v) is 3.80. The molecule has 0 bridgehead atoms. The van der Waals surface area contributed by atoms with E-state index in [0.717, 1.165) is 10.8 Å². The summed E-state index contributed by atoms with van der Waals surface area (Å²) < 4.78 is 0. The van der Waals surface area contributed by atoms with E-state index in [1.54, 1.807) is 12.1 Å². The van der Waals surface area contributed by atoms with Gasteiger partial charge in [-0.1, -0.05) is 24.3 Å². The molecule has 121 valence electrons. The van der Waals surface area contributed by atoms with Gasteiger partial charge in [0, 0.05) is 24.2 Å². The van der Waals surface area contributed by atoms with E-state index >= 15 is 0 Å². The van der Waals surface area contributed by atoms with Crippen molar-refractivity contribution in [2.45, 2.75) is 31.2 Å². The number of nitrogens with zero attached hydrogens (tertiary/aromatic N) is 2. The molecule has 2 saturated heterocycles. The molecule has 2 fully saturated rings. The number of fused-ring (bicyclic) bond motifs is 2. The zero-order valence-corrected chi connectivity index (χ0v) is 13.2. The minimum absolute atomic E-state index is 0.138. The topological polar surface area (TPSA) is 70.2 Å². The first-order chi connectivity index (χ1) is 11.1. The largest absolute Gasteiger partial charge is 0.296 e. The van der Waals surface area contributed by atoms with Gasteiger partial charge in [-0.25, -0.2) is 0 Å². The van der Waals surface area contributed by atoms with Crippen LogP contribution < -0.4 is 5.73 Å². The first kappa shape index (κ1) is 15.9. The summed E-state index contributed by atoms with van der Waals surface area (Å²) >= 11 is 0. The summed E-state index contributed by atoms with van der Waals surface area (Å²) in [6, 6.07) is 12.4. The Bertz CT molecular complexity index is 691. The molecule has 0 saturated carbocycles. The number of nitrogens with one attached hydrogen (secondary N) is 1. The van der Waals surface area contributed by atoms with Crippen molar-refractivity contribution in [3.63, 3.8) is 0 Å². The summed E-state index contributed by atoms with van der Waals surface area (Å²) in [6.45, 7) is 3.16. The van der Waals surface area contributed by atoms with Gasteiger partial charge in [-0.15, -0.1) is 0 Å². The summed E-state index contributed by atoms with van der Waals surface area (Å²) in [5, 5.41) is 12.4. The van der Waals surface area contributed by atoms with E-state index in [1.807, 2.05) is 24.3 Å².